The minimum Gasteiger partial charge on any atom is -0.496 e. The first-order valence-corrected chi connectivity index (χ1v) is 11.2. The number of hydrogen-bond acceptors (Lipinski definition) is 3. The zero-order valence-electron chi connectivity index (χ0n) is 18.4. The van der Waals surface area contributed by atoms with E-state index >= 15 is 0 Å². The van der Waals surface area contributed by atoms with Crippen LogP contribution < -0.4 is 4.74 Å². The summed E-state index contributed by atoms with van der Waals surface area (Å²) in [4.78, 5) is 30.1. The number of likely N-dealkylation sites (tertiary alicyclic amines) is 1. The van der Waals surface area contributed by atoms with Gasteiger partial charge < -0.3 is 14.5 Å². The molecule has 0 aromatic heterocycles. The lowest BCUT2D eigenvalue weighted by atomic mass is 9.95. The van der Waals surface area contributed by atoms with E-state index in [0.717, 1.165) is 34.9 Å². The summed E-state index contributed by atoms with van der Waals surface area (Å²) in [5.74, 6) is 0.520. The summed E-state index contributed by atoms with van der Waals surface area (Å²) in [5.41, 5.74) is 1.55. The molecule has 32 heavy (non-hydrogen) atoms. The van der Waals surface area contributed by atoms with Gasteiger partial charge in [0, 0.05) is 42.7 Å². The second-order valence-electron chi connectivity index (χ2n) is 8.24. The number of piperidine rings is 1. The first kappa shape index (κ1) is 22.2. The van der Waals surface area contributed by atoms with Crippen molar-refractivity contribution in [2.45, 2.75) is 19.4 Å². The molecule has 0 saturated carbocycles. The number of amides is 2. The van der Waals surface area contributed by atoms with Crippen LogP contribution in [0.4, 0.5) is 0 Å². The second-order valence-corrected chi connectivity index (χ2v) is 8.64. The molecule has 3 aromatic carbocycles. The topological polar surface area (TPSA) is 49.9 Å². The number of hydrogen-bond donors (Lipinski definition) is 0. The summed E-state index contributed by atoms with van der Waals surface area (Å²) >= 11 is 6.26. The monoisotopic (exact) mass is 450 g/mol. The lowest BCUT2D eigenvalue weighted by molar-refractivity contribution is -0.136. The van der Waals surface area contributed by atoms with Gasteiger partial charge in [0.2, 0.25) is 5.91 Å². The third-order valence-electron chi connectivity index (χ3n) is 6.13. The first-order valence-electron chi connectivity index (χ1n) is 10.8. The lowest BCUT2D eigenvalue weighted by Crippen LogP contribution is -2.45. The molecule has 1 heterocycles. The van der Waals surface area contributed by atoms with E-state index in [1.54, 1.807) is 19.1 Å². The van der Waals surface area contributed by atoms with E-state index in [2.05, 4.69) is 0 Å². The van der Waals surface area contributed by atoms with Crippen LogP contribution in [0, 0.1) is 5.92 Å². The highest BCUT2D eigenvalue weighted by Gasteiger charge is 2.31. The minimum atomic E-state index is -0.218. The maximum absolute atomic E-state index is 13.4. The predicted octanol–water partition coefficient (Wildman–Crippen LogP) is 5.01. The summed E-state index contributed by atoms with van der Waals surface area (Å²) in [6, 6.07) is 19.0. The number of fused-ring (bicyclic) bond motifs is 1. The Morgan fingerprint density at radius 3 is 2.53 bits per heavy atom. The molecule has 0 bridgehead atoms. The van der Waals surface area contributed by atoms with Gasteiger partial charge in [0.1, 0.15) is 5.75 Å². The average molecular weight is 451 g/mol. The van der Waals surface area contributed by atoms with Gasteiger partial charge in [0.05, 0.1) is 13.0 Å². The van der Waals surface area contributed by atoms with Crippen molar-refractivity contribution in [1.29, 1.82) is 0 Å². The van der Waals surface area contributed by atoms with Crippen LogP contribution in [0.3, 0.4) is 0 Å². The fourth-order valence-corrected chi connectivity index (χ4v) is 4.64. The molecule has 6 heteroatoms. The summed E-state index contributed by atoms with van der Waals surface area (Å²) in [6.45, 7) is 1.52. The van der Waals surface area contributed by atoms with E-state index in [-0.39, 0.29) is 17.7 Å². The third kappa shape index (κ3) is 4.44. The smallest absolute Gasteiger partial charge is 0.254 e. The van der Waals surface area contributed by atoms with Gasteiger partial charge in [0.15, 0.2) is 0 Å². The quantitative estimate of drug-likeness (QED) is 0.548. The van der Waals surface area contributed by atoms with Crippen molar-refractivity contribution in [3.05, 3.63) is 76.8 Å². The highest BCUT2D eigenvalue weighted by molar-refractivity contribution is 6.31. The van der Waals surface area contributed by atoms with Gasteiger partial charge in [-0.25, -0.2) is 0 Å². The Bertz CT molecular complexity index is 1150. The molecule has 1 fully saturated rings. The number of nitrogens with zero attached hydrogens (tertiary/aromatic N) is 2. The summed E-state index contributed by atoms with van der Waals surface area (Å²) in [7, 11) is 3.42. The largest absolute Gasteiger partial charge is 0.496 e. The molecule has 3 aromatic rings. The van der Waals surface area contributed by atoms with Gasteiger partial charge in [-0.15, -0.1) is 0 Å². The van der Waals surface area contributed by atoms with Crippen molar-refractivity contribution in [2.24, 2.45) is 5.92 Å². The van der Waals surface area contributed by atoms with E-state index in [4.69, 9.17) is 16.3 Å². The van der Waals surface area contributed by atoms with E-state index < -0.39 is 0 Å². The number of ether oxygens (including phenoxy) is 1. The molecule has 1 aliphatic heterocycles. The van der Waals surface area contributed by atoms with E-state index in [0.29, 0.717) is 30.2 Å². The Morgan fingerprint density at radius 2 is 1.78 bits per heavy atom. The van der Waals surface area contributed by atoms with Gasteiger partial charge in [-0.2, -0.15) is 0 Å². The van der Waals surface area contributed by atoms with Gasteiger partial charge in [0.25, 0.3) is 5.91 Å². The summed E-state index contributed by atoms with van der Waals surface area (Å²) in [6.07, 6.45) is 1.58. The second kappa shape index (κ2) is 9.61. The normalized spacial score (nSPS) is 16.1. The predicted molar refractivity (Wildman–Crippen MR) is 127 cm³/mol. The number of halogens is 1. The first-order chi connectivity index (χ1) is 15.5. The molecule has 1 atom stereocenters. The Kier molecular flexibility index (Phi) is 6.66. The fraction of sp³-hybridized carbons (Fsp3) is 0.308. The Labute approximate surface area is 193 Å². The van der Waals surface area contributed by atoms with Gasteiger partial charge >= 0.3 is 0 Å². The molecule has 1 unspecified atom stereocenters. The zero-order valence-corrected chi connectivity index (χ0v) is 19.1. The van der Waals surface area contributed by atoms with Crippen molar-refractivity contribution >= 4 is 34.2 Å². The van der Waals surface area contributed by atoms with Gasteiger partial charge in [-0.3, -0.25) is 9.59 Å². The zero-order chi connectivity index (χ0) is 22.7. The van der Waals surface area contributed by atoms with Gasteiger partial charge in [-0.1, -0.05) is 54.1 Å². The van der Waals surface area contributed by atoms with Crippen LogP contribution in [0.15, 0.2) is 60.7 Å². The molecule has 1 saturated heterocycles. The SMILES string of the molecule is COc1ccc(C(=O)N2CCCC(C(=O)N(C)Cc3ccccc3Cl)C2)c2ccccc12. The van der Waals surface area contributed by atoms with Crippen LogP contribution in [0.25, 0.3) is 10.8 Å². The van der Waals surface area contributed by atoms with Crippen LogP contribution in [0.5, 0.6) is 5.75 Å². The molecular weight excluding hydrogens is 424 g/mol. The Balaban J connectivity index is 1.50. The van der Waals surface area contributed by atoms with Crippen molar-refractivity contribution in [3.8, 4) is 5.75 Å². The van der Waals surface area contributed by atoms with Gasteiger partial charge in [-0.05, 0) is 42.0 Å². The maximum Gasteiger partial charge on any atom is 0.254 e. The van der Waals surface area contributed by atoms with E-state index in [1.165, 1.54) is 0 Å². The van der Waals surface area contributed by atoms with Crippen LogP contribution in [0.2, 0.25) is 5.02 Å². The lowest BCUT2D eigenvalue weighted by Gasteiger charge is -2.34. The molecule has 2 amide bonds. The molecule has 1 aliphatic rings. The van der Waals surface area contributed by atoms with Crippen LogP contribution in [-0.2, 0) is 11.3 Å². The maximum atomic E-state index is 13.4. The number of benzene rings is 3. The number of carbonyl (C=O) groups excluding carboxylic acids is 2. The number of rotatable bonds is 5. The average Bonchev–Trinajstić information content (AvgIpc) is 2.84. The molecule has 0 spiro atoms. The number of methoxy groups -OCH3 is 1. The summed E-state index contributed by atoms with van der Waals surface area (Å²) < 4.78 is 5.46. The van der Waals surface area contributed by atoms with Crippen molar-refractivity contribution in [1.82, 2.24) is 9.80 Å². The summed E-state index contributed by atoms with van der Waals surface area (Å²) in [5, 5.41) is 2.42. The highest BCUT2D eigenvalue weighted by Crippen LogP contribution is 2.30. The third-order valence-corrected chi connectivity index (χ3v) is 6.50. The van der Waals surface area contributed by atoms with E-state index in [1.807, 2.05) is 65.6 Å². The molecule has 5 nitrogen and oxygen atoms in total. The molecule has 4 rings (SSSR count). The molecule has 0 radical (unpaired) electrons. The Hall–Kier alpha value is -3.05. The molecule has 0 N–H and O–H groups in total. The van der Waals surface area contributed by atoms with Crippen molar-refractivity contribution < 1.29 is 14.3 Å². The van der Waals surface area contributed by atoms with Crippen molar-refractivity contribution in [2.75, 3.05) is 27.2 Å². The molecular formula is C26H27ClN2O3. The van der Waals surface area contributed by atoms with Crippen LogP contribution in [0.1, 0.15) is 28.8 Å². The minimum absolute atomic E-state index is 0.0435. The molecule has 166 valence electrons. The van der Waals surface area contributed by atoms with E-state index in [9.17, 15) is 9.59 Å². The molecule has 0 aliphatic carbocycles. The highest BCUT2D eigenvalue weighted by atomic mass is 35.5. The van der Waals surface area contributed by atoms with Crippen molar-refractivity contribution in [3.63, 3.8) is 0 Å². The van der Waals surface area contributed by atoms with Crippen LogP contribution in [-0.4, -0.2) is 48.9 Å². The van der Waals surface area contributed by atoms with Crippen LogP contribution >= 0.6 is 11.6 Å². The standard InChI is InChI=1S/C26H27ClN2O3/c1-28(16-18-8-3-6-12-23(18)27)25(30)19-9-7-15-29(17-19)26(31)22-13-14-24(32-2)21-11-5-4-10-20(21)22/h3-6,8,10-14,19H,7,9,15-17H2,1-2H3. The Morgan fingerprint density at radius 1 is 1.06 bits per heavy atom. The fourth-order valence-electron chi connectivity index (χ4n) is 4.44. The number of carbonyl (C=O) groups is 2.